The van der Waals surface area contributed by atoms with Crippen molar-refractivity contribution in [2.24, 2.45) is 5.92 Å². The Hall–Kier alpha value is -1.97. The number of sulfonamides is 1. The summed E-state index contributed by atoms with van der Waals surface area (Å²) in [5, 5.41) is 5.81. The number of benzene rings is 1. The number of nitrogens with one attached hydrogen (secondary N) is 3. The van der Waals surface area contributed by atoms with E-state index in [1.165, 1.54) is 25.3 Å². The topological polar surface area (TPSA) is 114 Å². The summed E-state index contributed by atoms with van der Waals surface area (Å²) in [5.74, 6) is -0.952. The van der Waals surface area contributed by atoms with Crippen molar-refractivity contribution in [3.05, 3.63) is 24.3 Å². The van der Waals surface area contributed by atoms with Crippen LogP contribution in [0.3, 0.4) is 0 Å². The molecule has 8 nitrogen and oxygen atoms in total. The van der Waals surface area contributed by atoms with Crippen LogP contribution in [0.1, 0.15) is 6.42 Å². The van der Waals surface area contributed by atoms with Gasteiger partial charge in [-0.1, -0.05) is 6.07 Å². The van der Waals surface area contributed by atoms with Crippen molar-refractivity contribution in [3.8, 4) is 0 Å². The van der Waals surface area contributed by atoms with Gasteiger partial charge in [-0.15, -0.1) is 0 Å². The van der Waals surface area contributed by atoms with Gasteiger partial charge in [-0.2, -0.15) is 4.72 Å². The van der Waals surface area contributed by atoms with E-state index in [4.69, 9.17) is 0 Å². The van der Waals surface area contributed by atoms with Gasteiger partial charge in [-0.3, -0.25) is 9.59 Å². The first-order chi connectivity index (χ1) is 10.9. The normalized spacial score (nSPS) is 17.7. The molecule has 0 aliphatic carbocycles. The van der Waals surface area contributed by atoms with Gasteiger partial charge < -0.3 is 15.4 Å². The minimum atomic E-state index is -3.86. The number of hydrogen-bond donors (Lipinski definition) is 3. The van der Waals surface area contributed by atoms with Crippen LogP contribution in [0.15, 0.2) is 29.2 Å². The highest BCUT2D eigenvalue weighted by Gasteiger charge is 2.23. The van der Waals surface area contributed by atoms with Crippen LogP contribution >= 0.6 is 0 Å². The van der Waals surface area contributed by atoms with E-state index in [2.05, 4.69) is 20.1 Å². The van der Waals surface area contributed by atoms with Crippen LogP contribution in [0.4, 0.5) is 5.69 Å². The third kappa shape index (κ3) is 4.75. The van der Waals surface area contributed by atoms with Crippen LogP contribution in [0.25, 0.3) is 0 Å². The molecule has 1 heterocycles. The summed E-state index contributed by atoms with van der Waals surface area (Å²) in [6.45, 7) is 0.956. The van der Waals surface area contributed by atoms with Crippen molar-refractivity contribution in [2.75, 3.05) is 32.1 Å². The molecule has 3 N–H and O–H groups in total. The highest BCUT2D eigenvalue weighted by atomic mass is 32.2. The third-order valence-corrected chi connectivity index (χ3v) is 4.88. The summed E-state index contributed by atoms with van der Waals surface area (Å²) in [6.07, 6.45) is 0.754. The Morgan fingerprint density at radius 3 is 2.83 bits per heavy atom. The van der Waals surface area contributed by atoms with Crippen LogP contribution in [0.2, 0.25) is 0 Å². The molecule has 9 heteroatoms. The number of rotatable bonds is 6. The molecule has 0 bridgehead atoms. The minimum absolute atomic E-state index is 0.0382. The maximum Gasteiger partial charge on any atom is 0.320 e. The zero-order valence-electron chi connectivity index (χ0n) is 12.7. The first kappa shape index (κ1) is 17.4. The first-order valence-corrected chi connectivity index (χ1v) is 8.59. The second-order valence-electron chi connectivity index (χ2n) is 5.11. The highest BCUT2D eigenvalue weighted by molar-refractivity contribution is 7.89. The van der Waals surface area contributed by atoms with Crippen molar-refractivity contribution < 1.29 is 22.7 Å². The standard InChI is InChI=1S/C14H19N3O5S/c1-22-13(18)9-16-23(20,21)12-4-2-3-11(7-12)17-14(19)10-5-6-15-8-10/h2-4,7,10,15-16H,5-6,8-9H2,1H3,(H,17,19). The smallest absolute Gasteiger partial charge is 0.320 e. The van der Waals surface area contributed by atoms with Gasteiger partial charge in [0.15, 0.2) is 0 Å². The Morgan fingerprint density at radius 2 is 2.17 bits per heavy atom. The lowest BCUT2D eigenvalue weighted by molar-refractivity contribution is -0.139. The van der Waals surface area contributed by atoms with E-state index in [0.29, 0.717) is 12.2 Å². The SMILES string of the molecule is COC(=O)CNS(=O)(=O)c1cccc(NC(=O)C2CCNC2)c1. The molecule has 0 spiro atoms. The summed E-state index contributed by atoms with van der Waals surface area (Å²) in [6, 6.07) is 5.86. The van der Waals surface area contributed by atoms with Gasteiger partial charge in [0.2, 0.25) is 15.9 Å². The van der Waals surface area contributed by atoms with E-state index in [-0.39, 0.29) is 16.7 Å². The molecular formula is C14H19N3O5S. The van der Waals surface area contributed by atoms with Gasteiger partial charge in [-0.05, 0) is 31.2 Å². The molecule has 0 saturated carbocycles. The average Bonchev–Trinajstić information content (AvgIpc) is 3.07. The Bertz CT molecular complexity index is 683. The molecule has 1 fully saturated rings. The van der Waals surface area contributed by atoms with Gasteiger partial charge in [-0.25, -0.2) is 8.42 Å². The molecule has 0 radical (unpaired) electrons. The van der Waals surface area contributed by atoms with Crippen LogP contribution in [0.5, 0.6) is 0 Å². The zero-order chi connectivity index (χ0) is 16.9. The summed E-state index contributed by atoms with van der Waals surface area (Å²) in [5.41, 5.74) is 0.392. The number of esters is 1. The molecule has 1 atom stereocenters. The molecular weight excluding hydrogens is 322 g/mol. The van der Waals surface area contributed by atoms with Gasteiger partial charge in [0, 0.05) is 12.2 Å². The van der Waals surface area contributed by atoms with Gasteiger partial charge in [0.25, 0.3) is 0 Å². The quantitative estimate of drug-likeness (QED) is 0.612. The van der Waals surface area contributed by atoms with Crippen molar-refractivity contribution in [3.63, 3.8) is 0 Å². The molecule has 0 aromatic heterocycles. The molecule has 1 aromatic carbocycles. The van der Waals surface area contributed by atoms with E-state index in [0.717, 1.165) is 13.0 Å². The number of carbonyl (C=O) groups excluding carboxylic acids is 2. The fourth-order valence-corrected chi connectivity index (χ4v) is 3.19. The van der Waals surface area contributed by atoms with Crippen molar-refractivity contribution in [1.82, 2.24) is 10.0 Å². The number of anilines is 1. The van der Waals surface area contributed by atoms with Crippen LogP contribution in [-0.2, 0) is 24.3 Å². The van der Waals surface area contributed by atoms with E-state index >= 15 is 0 Å². The predicted molar refractivity (Wildman–Crippen MR) is 83.3 cm³/mol. The lowest BCUT2D eigenvalue weighted by Gasteiger charge is -2.11. The summed E-state index contributed by atoms with van der Waals surface area (Å²) >= 11 is 0. The van der Waals surface area contributed by atoms with Gasteiger partial charge >= 0.3 is 5.97 Å². The largest absolute Gasteiger partial charge is 0.468 e. The summed E-state index contributed by atoms with van der Waals surface area (Å²) in [4.78, 5) is 23.1. The summed E-state index contributed by atoms with van der Waals surface area (Å²) < 4.78 is 30.7. The van der Waals surface area contributed by atoms with Crippen LogP contribution in [0, 0.1) is 5.92 Å². The van der Waals surface area contributed by atoms with E-state index in [1.807, 2.05) is 0 Å². The molecule has 126 valence electrons. The predicted octanol–water partition coefficient (Wildman–Crippen LogP) is -0.314. The monoisotopic (exact) mass is 341 g/mol. The third-order valence-electron chi connectivity index (χ3n) is 3.48. The molecule has 1 aliphatic heterocycles. The Kier molecular flexibility index (Phi) is 5.69. The molecule has 1 unspecified atom stereocenters. The number of carbonyl (C=O) groups is 2. The second-order valence-corrected chi connectivity index (χ2v) is 6.87. The Balaban J connectivity index is 2.06. The molecule has 23 heavy (non-hydrogen) atoms. The van der Waals surface area contributed by atoms with E-state index in [9.17, 15) is 18.0 Å². The first-order valence-electron chi connectivity index (χ1n) is 7.10. The fourth-order valence-electron chi connectivity index (χ4n) is 2.17. The molecule has 1 amide bonds. The van der Waals surface area contributed by atoms with Crippen LogP contribution in [-0.4, -0.2) is 47.0 Å². The van der Waals surface area contributed by atoms with Gasteiger partial charge in [0.1, 0.15) is 6.54 Å². The number of amides is 1. The van der Waals surface area contributed by atoms with Crippen molar-refractivity contribution in [1.29, 1.82) is 0 Å². The molecule has 1 aromatic rings. The van der Waals surface area contributed by atoms with Crippen LogP contribution < -0.4 is 15.4 Å². The van der Waals surface area contributed by atoms with Crippen molar-refractivity contribution in [2.45, 2.75) is 11.3 Å². The molecule has 1 aliphatic rings. The Morgan fingerprint density at radius 1 is 1.39 bits per heavy atom. The number of methoxy groups -OCH3 is 1. The van der Waals surface area contributed by atoms with E-state index in [1.54, 1.807) is 6.07 Å². The lowest BCUT2D eigenvalue weighted by Crippen LogP contribution is -2.30. The Labute approximate surface area is 134 Å². The van der Waals surface area contributed by atoms with Gasteiger partial charge in [0.05, 0.1) is 17.9 Å². The second kappa shape index (κ2) is 7.53. The fraction of sp³-hybridized carbons (Fsp3) is 0.429. The number of hydrogen-bond acceptors (Lipinski definition) is 6. The maximum atomic E-state index is 12.1. The van der Waals surface area contributed by atoms with E-state index < -0.39 is 22.5 Å². The minimum Gasteiger partial charge on any atom is -0.468 e. The van der Waals surface area contributed by atoms with Crippen molar-refractivity contribution >= 4 is 27.6 Å². The molecule has 2 rings (SSSR count). The number of ether oxygens (including phenoxy) is 1. The average molecular weight is 341 g/mol. The zero-order valence-corrected chi connectivity index (χ0v) is 13.5. The summed E-state index contributed by atoms with van der Waals surface area (Å²) in [7, 11) is -2.69. The highest BCUT2D eigenvalue weighted by Crippen LogP contribution is 2.17. The molecule has 1 saturated heterocycles. The lowest BCUT2D eigenvalue weighted by atomic mass is 10.1. The maximum absolute atomic E-state index is 12.1.